The lowest BCUT2D eigenvalue weighted by molar-refractivity contribution is 0.196. The fraction of sp³-hybridized carbons (Fsp3) is 0.571. The second kappa shape index (κ2) is 6.67. The highest BCUT2D eigenvalue weighted by molar-refractivity contribution is 7.88. The molecule has 1 heterocycles. The van der Waals surface area contributed by atoms with Crippen LogP contribution >= 0.6 is 0 Å². The number of rotatable bonds is 5. The molecule has 0 radical (unpaired) electrons. The summed E-state index contributed by atoms with van der Waals surface area (Å²) < 4.78 is 26.6. The minimum absolute atomic E-state index is 0.0481. The summed E-state index contributed by atoms with van der Waals surface area (Å²) in [6.45, 7) is 6.24. The quantitative estimate of drug-likeness (QED) is 0.865. The molecule has 0 unspecified atom stereocenters. The molecule has 2 rings (SSSR count). The van der Waals surface area contributed by atoms with E-state index in [-0.39, 0.29) is 5.75 Å². The van der Waals surface area contributed by atoms with Gasteiger partial charge in [0.1, 0.15) is 0 Å². The lowest BCUT2D eigenvalue weighted by Crippen LogP contribution is -2.48. The van der Waals surface area contributed by atoms with Gasteiger partial charge >= 0.3 is 0 Å². The standard InChI is InChI=1S/C14H23N3O2S/c1-2-16-7-9-17(10-8-16)20(18,19)12-14-6-4-3-5-13(14)11-15/h3-6H,2,7-12,15H2,1H3. The summed E-state index contributed by atoms with van der Waals surface area (Å²) in [5.41, 5.74) is 7.39. The van der Waals surface area contributed by atoms with Crippen LogP contribution in [-0.4, -0.2) is 50.3 Å². The fourth-order valence-electron chi connectivity index (χ4n) is 2.51. The fourth-order valence-corrected chi connectivity index (χ4v) is 4.09. The molecule has 5 nitrogen and oxygen atoms in total. The Balaban J connectivity index is 2.08. The van der Waals surface area contributed by atoms with Crippen LogP contribution in [0, 0.1) is 0 Å². The van der Waals surface area contributed by atoms with Crippen molar-refractivity contribution >= 4 is 10.0 Å². The predicted molar refractivity (Wildman–Crippen MR) is 80.6 cm³/mol. The molecule has 0 bridgehead atoms. The highest BCUT2D eigenvalue weighted by Gasteiger charge is 2.26. The molecule has 20 heavy (non-hydrogen) atoms. The summed E-state index contributed by atoms with van der Waals surface area (Å²) in [4.78, 5) is 2.26. The number of hydrogen-bond donors (Lipinski definition) is 1. The molecule has 0 saturated carbocycles. The number of piperazine rings is 1. The van der Waals surface area contributed by atoms with Crippen LogP contribution in [0.4, 0.5) is 0 Å². The molecule has 1 aromatic carbocycles. The Morgan fingerprint density at radius 3 is 2.25 bits per heavy atom. The van der Waals surface area contributed by atoms with Crippen molar-refractivity contribution in [3.05, 3.63) is 35.4 Å². The molecule has 1 aliphatic rings. The van der Waals surface area contributed by atoms with Gasteiger partial charge in [0.2, 0.25) is 10.0 Å². The molecule has 0 aromatic heterocycles. The maximum atomic E-state index is 12.5. The zero-order valence-electron chi connectivity index (χ0n) is 12.0. The van der Waals surface area contributed by atoms with Crippen LogP contribution in [0.25, 0.3) is 0 Å². The van der Waals surface area contributed by atoms with E-state index in [1.807, 2.05) is 24.3 Å². The van der Waals surface area contributed by atoms with Gasteiger partial charge in [-0.15, -0.1) is 0 Å². The predicted octanol–water partition coefficient (Wildman–Crippen LogP) is 0.613. The van der Waals surface area contributed by atoms with Gasteiger partial charge < -0.3 is 10.6 Å². The van der Waals surface area contributed by atoms with Gasteiger partial charge in [-0.05, 0) is 17.7 Å². The van der Waals surface area contributed by atoms with E-state index in [0.717, 1.165) is 30.8 Å². The minimum Gasteiger partial charge on any atom is -0.326 e. The first-order chi connectivity index (χ1) is 9.56. The maximum absolute atomic E-state index is 12.5. The van der Waals surface area contributed by atoms with Gasteiger partial charge in [-0.25, -0.2) is 8.42 Å². The van der Waals surface area contributed by atoms with Gasteiger partial charge in [0.15, 0.2) is 0 Å². The highest BCUT2D eigenvalue weighted by atomic mass is 32.2. The van der Waals surface area contributed by atoms with E-state index in [0.29, 0.717) is 19.6 Å². The normalized spacial score (nSPS) is 18.3. The van der Waals surface area contributed by atoms with Crippen LogP contribution < -0.4 is 5.73 Å². The summed E-state index contributed by atoms with van der Waals surface area (Å²) in [7, 11) is -3.25. The molecular weight excluding hydrogens is 274 g/mol. The lowest BCUT2D eigenvalue weighted by atomic mass is 10.1. The third kappa shape index (κ3) is 3.58. The summed E-state index contributed by atoms with van der Waals surface area (Å²) in [5.74, 6) is 0.0481. The molecule has 1 fully saturated rings. The summed E-state index contributed by atoms with van der Waals surface area (Å²) in [6.07, 6.45) is 0. The van der Waals surface area contributed by atoms with E-state index in [1.54, 1.807) is 4.31 Å². The van der Waals surface area contributed by atoms with Gasteiger partial charge in [-0.2, -0.15) is 4.31 Å². The number of sulfonamides is 1. The Morgan fingerprint density at radius 2 is 1.70 bits per heavy atom. The van der Waals surface area contributed by atoms with E-state index < -0.39 is 10.0 Å². The van der Waals surface area contributed by atoms with E-state index in [4.69, 9.17) is 5.73 Å². The monoisotopic (exact) mass is 297 g/mol. The van der Waals surface area contributed by atoms with Gasteiger partial charge in [-0.3, -0.25) is 0 Å². The molecule has 1 aromatic rings. The van der Waals surface area contributed by atoms with Crippen LogP contribution in [0.2, 0.25) is 0 Å². The first kappa shape index (κ1) is 15.4. The van der Waals surface area contributed by atoms with E-state index in [1.165, 1.54) is 0 Å². The van der Waals surface area contributed by atoms with Crippen molar-refractivity contribution in [2.75, 3.05) is 32.7 Å². The molecule has 6 heteroatoms. The molecular formula is C14H23N3O2S. The molecule has 2 N–H and O–H groups in total. The Hall–Kier alpha value is -0.950. The zero-order valence-corrected chi connectivity index (χ0v) is 12.8. The van der Waals surface area contributed by atoms with E-state index in [9.17, 15) is 8.42 Å². The second-order valence-corrected chi connectivity index (χ2v) is 7.03. The SMILES string of the molecule is CCN1CCN(S(=O)(=O)Cc2ccccc2CN)CC1. The van der Waals surface area contributed by atoms with E-state index in [2.05, 4.69) is 11.8 Å². The van der Waals surface area contributed by atoms with Crippen molar-refractivity contribution < 1.29 is 8.42 Å². The van der Waals surface area contributed by atoms with Crippen molar-refractivity contribution in [2.24, 2.45) is 5.73 Å². The van der Waals surface area contributed by atoms with E-state index >= 15 is 0 Å². The molecule has 0 amide bonds. The van der Waals surface area contributed by atoms with Crippen molar-refractivity contribution in [1.82, 2.24) is 9.21 Å². The van der Waals surface area contributed by atoms with Gasteiger partial charge in [0.05, 0.1) is 5.75 Å². The third-order valence-electron chi connectivity index (χ3n) is 3.85. The zero-order chi connectivity index (χ0) is 14.6. The number of likely N-dealkylation sites (N-methyl/N-ethyl adjacent to an activating group) is 1. The summed E-state index contributed by atoms with van der Waals surface area (Å²) in [6, 6.07) is 7.49. The highest BCUT2D eigenvalue weighted by Crippen LogP contribution is 2.16. The average molecular weight is 297 g/mol. The van der Waals surface area contributed by atoms with Crippen LogP contribution in [0.15, 0.2) is 24.3 Å². The van der Waals surface area contributed by atoms with Crippen molar-refractivity contribution in [3.8, 4) is 0 Å². The molecule has 0 spiro atoms. The number of benzene rings is 1. The lowest BCUT2D eigenvalue weighted by Gasteiger charge is -2.33. The smallest absolute Gasteiger partial charge is 0.218 e. The van der Waals surface area contributed by atoms with Crippen LogP contribution in [0.3, 0.4) is 0 Å². The van der Waals surface area contributed by atoms with Gasteiger partial charge in [-0.1, -0.05) is 31.2 Å². The third-order valence-corrected chi connectivity index (χ3v) is 5.68. The Morgan fingerprint density at radius 1 is 1.10 bits per heavy atom. The number of nitrogens with zero attached hydrogens (tertiary/aromatic N) is 2. The van der Waals surface area contributed by atoms with Crippen LogP contribution in [-0.2, 0) is 22.3 Å². The van der Waals surface area contributed by atoms with Crippen molar-refractivity contribution in [3.63, 3.8) is 0 Å². The number of hydrogen-bond acceptors (Lipinski definition) is 4. The van der Waals surface area contributed by atoms with Crippen molar-refractivity contribution in [2.45, 2.75) is 19.2 Å². The minimum atomic E-state index is -3.25. The topological polar surface area (TPSA) is 66.6 Å². The van der Waals surface area contributed by atoms with Gasteiger partial charge in [0, 0.05) is 32.7 Å². The summed E-state index contributed by atoms with van der Waals surface area (Å²) in [5, 5.41) is 0. The molecule has 1 saturated heterocycles. The Kier molecular flexibility index (Phi) is 5.15. The molecule has 112 valence electrons. The molecule has 1 aliphatic heterocycles. The van der Waals surface area contributed by atoms with Crippen LogP contribution in [0.5, 0.6) is 0 Å². The van der Waals surface area contributed by atoms with Crippen LogP contribution in [0.1, 0.15) is 18.1 Å². The number of nitrogens with two attached hydrogens (primary N) is 1. The van der Waals surface area contributed by atoms with Crippen molar-refractivity contribution in [1.29, 1.82) is 0 Å². The second-order valence-electron chi connectivity index (χ2n) is 5.06. The average Bonchev–Trinajstić information content (AvgIpc) is 2.47. The largest absolute Gasteiger partial charge is 0.326 e. The Labute approximate surface area is 121 Å². The maximum Gasteiger partial charge on any atom is 0.218 e. The summed E-state index contributed by atoms with van der Waals surface area (Å²) >= 11 is 0. The first-order valence-electron chi connectivity index (χ1n) is 7.04. The first-order valence-corrected chi connectivity index (χ1v) is 8.64. The molecule has 0 atom stereocenters. The molecule has 0 aliphatic carbocycles. The Bertz CT molecular complexity index is 537. The van der Waals surface area contributed by atoms with Gasteiger partial charge in [0.25, 0.3) is 0 Å².